The second kappa shape index (κ2) is 8.24. The van der Waals surface area contributed by atoms with Crippen molar-refractivity contribution in [1.29, 1.82) is 0 Å². The van der Waals surface area contributed by atoms with Gasteiger partial charge >= 0.3 is 0 Å². The molecule has 0 aliphatic carbocycles. The van der Waals surface area contributed by atoms with Crippen LogP contribution in [0.5, 0.6) is 5.75 Å². The van der Waals surface area contributed by atoms with Gasteiger partial charge in [-0.2, -0.15) is 5.10 Å². The number of rotatable bonds is 7. The summed E-state index contributed by atoms with van der Waals surface area (Å²) in [5.41, 5.74) is -0.241. The maximum Gasteiger partial charge on any atom is 0.215 e. The lowest BCUT2D eigenvalue weighted by Gasteiger charge is -2.36. The van der Waals surface area contributed by atoms with Gasteiger partial charge in [0.05, 0.1) is 14.1 Å². The van der Waals surface area contributed by atoms with Crippen molar-refractivity contribution < 1.29 is 9.64 Å². The van der Waals surface area contributed by atoms with Gasteiger partial charge < -0.3 is 9.64 Å². The van der Waals surface area contributed by atoms with Gasteiger partial charge in [0.15, 0.2) is 0 Å². The van der Waals surface area contributed by atoms with E-state index in [2.05, 4.69) is 60.5 Å². The van der Waals surface area contributed by atoms with Gasteiger partial charge in [-0.15, -0.1) is 5.10 Å². The van der Waals surface area contributed by atoms with Crippen LogP contribution in [0.1, 0.15) is 38.9 Å². The molecule has 0 amide bonds. The fourth-order valence-corrected chi connectivity index (χ4v) is 3.17. The summed E-state index contributed by atoms with van der Waals surface area (Å²) < 4.78 is 9.90. The maximum atomic E-state index is 6.36. The number of tetrazole rings is 1. The van der Waals surface area contributed by atoms with Gasteiger partial charge in [0.1, 0.15) is 31.0 Å². The van der Waals surface area contributed by atoms with E-state index < -0.39 is 6.23 Å². The summed E-state index contributed by atoms with van der Waals surface area (Å²) in [6.07, 6.45) is 2.62. The Morgan fingerprint density at radius 1 is 1.18 bits per heavy atom. The molecule has 150 valence electrons. The zero-order valence-corrected chi connectivity index (χ0v) is 17.5. The van der Waals surface area contributed by atoms with Gasteiger partial charge in [-0.1, -0.05) is 32.4 Å². The second-order valence-corrected chi connectivity index (χ2v) is 8.51. The Balaban J connectivity index is 2.05. The van der Waals surface area contributed by atoms with Gasteiger partial charge in [-0.3, -0.25) is 0 Å². The molecular weight excluding hydrogens is 380 g/mol. The van der Waals surface area contributed by atoms with Crippen LogP contribution in [0.2, 0.25) is 5.02 Å². The molecule has 0 bridgehead atoms. The van der Waals surface area contributed by atoms with Crippen molar-refractivity contribution >= 4 is 11.6 Å². The second-order valence-electron chi connectivity index (χ2n) is 8.07. The van der Waals surface area contributed by atoms with E-state index in [-0.39, 0.29) is 11.5 Å². The highest BCUT2D eigenvalue weighted by molar-refractivity contribution is 6.30. The molecule has 0 aliphatic heterocycles. The van der Waals surface area contributed by atoms with E-state index in [0.717, 1.165) is 5.82 Å². The highest BCUT2D eigenvalue weighted by Gasteiger charge is 2.40. The van der Waals surface area contributed by atoms with E-state index in [1.807, 2.05) is 16.8 Å². The summed E-state index contributed by atoms with van der Waals surface area (Å²) >= 11 is 6.02. The van der Waals surface area contributed by atoms with Crippen LogP contribution in [0, 0.1) is 5.41 Å². The number of nitrogens with one attached hydrogen (secondary N) is 1. The number of hydrogen-bond acceptors (Lipinski definition) is 6. The van der Waals surface area contributed by atoms with Crippen LogP contribution < -0.4 is 9.64 Å². The third-order valence-corrected chi connectivity index (χ3v) is 4.51. The van der Waals surface area contributed by atoms with Crippen molar-refractivity contribution in [2.45, 2.75) is 39.6 Å². The lowest BCUT2D eigenvalue weighted by Crippen LogP contribution is -3.04. The molecule has 0 saturated carbocycles. The zero-order chi connectivity index (χ0) is 20.3. The van der Waals surface area contributed by atoms with Gasteiger partial charge in [-0.05, 0) is 40.1 Å². The molecule has 0 saturated heterocycles. The SMILES string of the molecule is C[NH+](C)Cc1nnnn1[C@@H]([C@H](Oc1ccc(Cl)cc1)n1cncn1)C(C)(C)C. The van der Waals surface area contributed by atoms with E-state index in [4.69, 9.17) is 16.3 Å². The third-order valence-electron chi connectivity index (χ3n) is 4.26. The first-order valence-corrected chi connectivity index (χ1v) is 9.45. The molecular formula is C18H26ClN8O+. The Labute approximate surface area is 169 Å². The fourth-order valence-electron chi connectivity index (χ4n) is 3.04. The number of hydrogen-bond donors (Lipinski definition) is 1. The number of ether oxygens (including phenoxy) is 1. The van der Waals surface area contributed by atoms with Crippen LogP contribution in [-0.2, 0) is 6.54 Å². The van der Waals surface area contributed by atoms with Crippen molar-refractivity contribution in [2.75, 3.05) is 14.1 Å². The molecule has 3 aromatic rings. The van der Waals surface area contributed by atoms with Crippen LogP contribution in [0.3, 0.4) is 0 Å². The molecule has 2 aromatic heterocycles. The summed E-state index contributed by atoms with van der Waals surface area (Å²) in [7, 11) is 4.12. The molecule has 0 unspecified atom stereocenters. The summed E-state index contributed by atoms with van der Waals surface area (Å²) in [4.78, 5) is 5.32. The van der Waals surface area contributed by atoms with Crippen LogP contribution in [0.25, 0.3) is 0 Å². The predicted octanol–water partition coefficient (Wildman–Crippen LogP) is 1.43. The summed E-state index contributed by atoms with van der Waals surface area (Å²) in [6.45, 7) is 7.06. The number of nitrogens with zero attached hydrogens (tertiary/aromatic N) is 7. The largest absolute Gasteiger partial charge is 0.466 e. The Morgan fingerprint density at radius 2 is 1.89 bits per heavy atom. The van der Waals surface area contributed by atoms with Crippen molar-refractivity contribution in [3.8, 4) is 5.75 Å². The fraction of sp³-hybridized carbons (Fsp3) is 0.500. The first-order chi connectivity index (χ1) is 13.3. The zero-order valence-electron chi connectivity index (χ0n) is 16.7. The molecule has 2 atom stereocenters. The van der Waals surface area contributed by atoms with Crippen molar-refractivity contribution in [3.63, 3.8) is 0 Å². The maximum absolute atomic E-state index is 6.36. The van der Waals surface area contributed by atoms with Crippen LogP contribution in [0.4, 0.5) is 0 Å². The topological polar surface area (TPSA) is 88.0 Å². The number of benzene rings is 1. The Bertz CT molecular complexity index is 870. The van der Waals surface area contributed by atoms with Gasteiger partial charge in [0.2, 0.25) is 12.1 Å². The first kappa shape index (κ1) is 20.2. The van der Waals surface area contributed by atoms with Gasteiger partial charge in [0, 0.05) is 5.02 Å². The lowest BCUT2D eigenvalue weighted by molar-refractivity contribution is -0.873. The van der Waals surface area contributed by atoms with Gasteiger partial charge in [-0.25, -0.2) is 14.3 Å². The minimum atomic E-state index is -0.511. The summed E-state index contributed by atoms with van der Waals surface area (Å²) in [5, 5.41) is 17.4. The minimum Gasteiger partial charge on any atom is -0.466 e. The monoisotopic (exact) mass is 405 g/mol. The molecule has 0 spiro atoms. The Morgan fingerprint density at radius 3 is 2.46 bits per heavy atom. The molecule has 10 heteroatoms. The molecule has 28 heavy (non-hydrogen) atoms. The molecule has 1 N–H and O–H groups in total. The standard InChI is InChI=1S/C18H25ClN8O/c1-18(2,3)16(27-15(10-25(4)5)22-23-24-27)17(26-12-20-11-21-26)28-14-8-6-13(19)7-9-14/h6-9,11-12,16-17H,10H2,1-5H3/p+1/t16-,17-/m0/s1. The van der Waals surface area contributed by atoms with Gasteiger partial charge in [0.25, 0.3) is 0 Å². The molecule has 0 aliphatic rings. The predicted molar refractivity (Wildman–Crippen MR) is 104 cm³/mol. The quantitative estimate of drug-likeness (QED) is 0.639. The lowest BCUT2D eigenvalue weighted by atomic mass is 9.85. The number of halogens is 1. The molecule has 0 radical (unpaired) electrons. The number of aromatic nitrogens is 7. The highest BCUT2D eigenvalue weighted by Crippen LogP contribution is 2.40. The molecule has 1 aromatic carbocycles. The minimum absolute atomic E-state index is 0.241. The first-order valence-electron chi connectivity index (χ1n) is 9.08. The number of quaternary nitrogens is 1. The molecule has 9 nitrogen and oxygen atoms in total. The summed E-state index contributed by atoms with van der Waals surface area (Å²) in [6, 6.07) is 7.00. The average Bonchev–Trinajstić information content (AvgIpc) is 3.27. The van der Waals surface area contributed by atoms with E-state index in [1.165, 1.54) is 11.2 Å². The Kier molecular flexibility index (Phi) is 5.95. The van der Waals surface area contributed by atoms with Crippen LogP contribution in [0.15, 0.2) is 36.9 Å². The Hall–Kier alpha value is -2.52. The van der Waals surface area contributed by atoms with E-state index >= 15 is 0 Å². The van der Waals surface area contributed by atoms with E-state index in [0.29, 0.717) is 17.3 Å². The van der Waals surface area contributed by atoms with E-state index in [1.54, 1.807) is 23.1 Å². The third kappa shape index (κ3) is 4.66. The highest BCUT2D eigenvalue weighted by atomic mass is 35.5. The molecule has 0 fully saturated rings. The normalized spacial score (nSPS) is 14.2. The van der Waals surface area contributed by atoms with Crippen molar-refractivity contribution in [3.05, 3.63) is 47.8 Å². The smallest absolute Gasteiger partial charge is 0.215 e. The van der Waals surface area contributed by atoms with E-state index in [9.17, 15) is 0 Å². The van der Waals surface area contributed by atoms with Crippen LogP contribution >= 0.6 is 11.6 Å². The average molecular weight is 406 g/mol. The molecule has 3 rings (SSSR count). The van der Waals surface area contributed by atoms with Crippen LogP contribution in [-0.4, -0.2) is 49.1 Å². The van der Waals surface area contributed by atoms with Crippen molar-refractivity contribution in [1.82, 2.24) is 35.0 Å². The summed E-state index contributed by atoms with van der Waals surface area (Å²) in [5.74, 6) is 1.46. The van der Waals surface area contributed by atoms with Crippen molar-refractivity contribution in [2.24, 2.45) is 5.41 Å². The molecule has 2 heterocycles.